The molecular formula is C81H100Cl4CsN9O21S. The molecule has 0 bridgehead atoms. The fourth-order valence-corrected chi connectivity index (χ4v) is 12.0. The average molecular weight is 1840 g/mol. The number of rotatable bonds is 18. The number of hydrogen-bond acceptors (Lipinski definition) is 28. The fraction of sp³-hybridized carbons (Fsp3) is 0.395. The third kappa shape index (κ3) is 32.5. The molecule has 10 aromatic rings. The molecule has 7 heterocycles. The number of carbonyl (C=O) groups is 4. The summed E-state index contributed by atoms with van der Waals surface area (Å²) in [5.41, 5.74) is 6.60. The molecule has 630 valence electrons. The molecule has 2 aliphatic rings. The first-order chi connectivity index (χ1) is 55.5. The molecule has 0 spiro atoms. The number of benzene rings is 5. The molecule has 2 fully saturated rings. The Bertz CT molecular complexity index is 4750. The smallest absolute Gasteiger partial charge is 0.662 e. The topological polar surface area (TPSA) is 362 Å². The zero-order valence-corrected chi connectivity index (χ0v) is 78.9. The van der Waals surface area contributed by atoms with Gasteiger partial charge in [0.05, 0.1) is 123 Å². The van der Waals surface area contributed by atoms with E-state index in [0.717, 1.165) is 113 Å². The number of nitrogens with zero attached hydrogens (tertiary/aromatic N) is 6. The third-order valence-corrected chi connectivity index (χ3v) is 17.6. The van der Waals surface area contributed by atoms with Crippen molar-refractivity contribution in [3.05, 3.63) is 149 Å². The van der Waals surface area contributed by atoms with Crippen LogP contribution in [0.5, 0.6) is 57.5 Å². The van der Waals surface area contributed by atoms with Gasteiger partial charge >= 0.3 is 87.0 Å². The van der Waals surface area contributed by atoms with E-state index in [2.05, 4.69) is 78.1 Å². The SMILES string of the molecule is CC(C)(C)OC(=O)NC1CCNCC1.COC(=O)c1ccnc2cc(OC)c(OC)cc12.COc1cc2nccc(CCl)c2cc1OC.COc1cc2nccc(CN3CCC(NC(=O)OC(C)(C)C)CC3)c2cc1OC.COc1cc2nccc(CO)c2cc1OC.COc1cc2nccc(Cl)c2cc1OC.O=CO[O-].O=S(Cl)Cl.[Cs+]. The number of ether oxygens (including phenoxy) is 13. The summed E-state index contributed by atoms with van der Waals surface area (Å²) in [5.74, 6) is 6.48. The second kappa shape index (κ2) is 52.0. The number of halogens is 4. The molecule has 117 heavy (non-hydrogen) atoms. The number of piperidine rings is 2. The molecule has 30 nitrogen and oxygen atoms in total. The molecule has 2 saturated heterocycles. The molecule has 2 aliphatic heterocycles. The summed E-state index contributed by atoms with van der Waals surface area (Å²) in [5, 5.41) is 31.9. The summed E-state index contributed by atoms with van der Waals surface area (Å²) >= 11 is 11.9. The second-order valence-electron chi connectivity index (χ2n) is 26.7. The Balaban J connectivity index is 0.000000294. The van der Waals surface area contributed by atoms with Gasteiger partial charge in [0.25, 0.3) is 6.47 Å². The molecular weight excluding hydrogens is 1740 g/mol. The van der Waals surface area contributed by atoms with Crippen molar-refractivity contribution < 1.29 is 169 Å². The molecule has 4 N–H and O–H groups in total. The summed E-state index contributed by atoms with van der Waals surface area (Å²) in [6.45, 7) is 15.6. The second-order valence-corrected chi connectivity index (χ2v) is 29.9. The van der Waals surface area contributed by atoms with Crippen molar-refractivity contribution in [3.63, 3.8) is 0 Å². The van der Waals surface area contributed by atoms with Gasteiger partial charge < -0.3 is 92.8 Å². The Morgan fingerprint density at radius 2 is 0.803 bits per heavy atom. The zero-order chi connectivity index (χ0) is 85.7. The van der Waals surface area contributed by atoms with Crippen molar-refractivity contribution in [3.8, 4) is 57.5 Å². The van der Waals surface area contributed by atoms with Gasteiger partial charge in [-0.3, -0.25) is 34.6 Å². The third-order valence-electron chi connectivity index (χ3n) is 17.0. The van der Waals surface area contributed by atoms with E-state index in [1.807, 2.05) is 90.2 Å². The van der Waals surface area contributed by atoms with Crippen LogP contribution in [0.2, 0.25) is 5.02 Å². The Morgan fingerprint density at radius 3 is 1.15 bits per heavy atom. The monoisotopic (exact) mass is 1840 g/mol. The fourth-order valence-electron chi connectivity index (χ4n) is 11.6. The number of methoxy groups -OCH3 is 11. The number of alkyl halides is 1. The predicted octanol–water partition coefficient (Wildman–Crippen LogP) is 11.2. The largest absolute Gasteiger partial charge is 1.00 e. The van der Waals surface area contributed by atoms with E-state index in [1.54, 1.807) is 131 Å². The summed E-state index contributed by atoms with van der Waals surface area (Å²) in [6, 6.07) is 27.9. The van der Waals surface area contributed by atoms with Crippen LogP contribution in [-0.2, 0) is 52.2 Å². The Kier molecular flexibility index (Phi) is 45.0. The maximum absolute atomic E-state index is 12.0. The van der Waals surface area contributed by atoms with Gasteiger partial charge in [0.15, 0.2) is 57.5 Å². The Morgan fingerprint density at radius 1 is 0.504 bits per heavy atom. The Labute approximate surface area is 760 Å². The van der Waals surface area contributed by atoms with Crippen molar-refractivity contribution in [1.82, 2.24) is 45.8 Å². The number of aromatic nitrogens is 5. The van der Waals surface area contributed by atoms with Crippen LogP contribution in [-0.4, -0.2) is 191 Å². The number of fused-ring (bicyclic) bond motifs is 5. The van der Waals surface area contributed by atoms with Crippen molar-refractivity contribution in [2.75, 3.05) is 104 Å². The van der Waals surface area contributed by atoms with Gasteiger partial charge in [-0.25, -0.2) is 18.6 Å². The standard InChI is InChI=1S/C22H31N3O4.C13H13NO4.C12H12ClNO2.C12H13NO3.C11H10ClNO2.C10H20N2O2.CH2O3.Cl2OS.Cs/c1-22(2,3)29-21(26)24-16-7-10-25(11-8-16)14-15-6-9-23-18-13-20(28-5)19(27-4)12-17(15)18;1-16-11-6-9-8(13(15)18-3)4-5-14-10(9)7-12(11)17-2;1-15-11-5-9-8(7-13)3-4-14-10(9)6-12(11)16-2;1-15-11-5-9-8(7-14)3-4-13-10(9)6-12(11)16-2;1-14-10-5-7-8(12)3-4-13-9(7)6-11(10)15-2;1-10(2,3)14-9(13)12-8-4-6-11-7-5-8;2-1-4-3;1-4(2)3;/h6,9,12-13,16H,7-8,10-11,14H2,1-5H3,(H,24,26);4-7H,1-3H3;3-6H,7H2,1-2H3;3-6,14H,7H2,1-2H3;3-6H,1-2H3;8,11H,4-7H2,1-3H3,(H,12,13);1,3H;;/q;;;;;;;;+1/p-1. The summed E-state index contributed by atoms with van der Waals surface area (Å²) in [7, 11) is 24.6. The minimum atomic E-state index is -1.67. The van der Waals surface area contributed by atoms with E-state index >= 15 is 0 Å². The maximum Gasteiger partial charge on any atom is 1.00 e. The summed E-state index contributed by atoms with van der Waals surface area (Å²) < 4.78 is 76.8. The molecule has 0 aliphatic carbocycles. The van der Waals surface area contributed by atoms with Gasteiger partial charge in [0.2, 0.25) is 9.23 Å². The number of esters is 1. The van der Waals surface area contributed by atoms with Gasteiger partial charge in [-0.1, -0.05) is 11.6 Å². The van der Waals surface area contributed by atoms with Crippen LogP contribution < -0.4 is 137 Å². The van der Waals surface area contributed by atoms with Crippen LogP contribution in [0.25, 0.3) is 54.5 Å². The van der Waals surface area contributed by atoms with E-state index in [1.165, 1.54) is 19.8 Å². The molecule has 0 atom stereocenters. The van der Waals surface area contributed by atoms with Crippen LogP contribution in [0.4, 0.5) is 9.59 Å². The number of pyridine rings is 5. The number of amides is 2. The minimum Gasteiger partial charge on any atom is -0.662 e. The first-order valence-corrected chi connectivity index (χ1v) is 39.5. The van der Waals surface area contributed by atoms with Crippen LogP contribution in [0.3, 0.4) is 0 Å². The van der Waals surface area contributed by atoms with Crippen molar-refractivity contribution in [1.29, 1.82) is 0 Å². The molecule has 5 aromatic carbocycles. The van der Waals surface area contributed by atoms with Gasteiger partial charge in [0.1, 0.15) is 11.2 Å². The molecule has 0 saturated carbocycles. The number of carbonyl (C=O) groups excluding carboxylic acids is 4. The number of hydrogen-bond donors (Lipinski definition) is 4. The van der Waals surface area contributed by atoms with Crippen molar-refractivity contribution >= 4 is 133 Å². The Hall–Kier alpha value is -8.17. The van der Waals surface area contributed by atoms with Gasteiger partial charge in [0, 0.05) is 147 Å². The molecule has 36 heteroatoms. The van der Waals surface area contributed by atoms with Crippen LogP contribution >= 0.6 is 44.6 Å². The minimum absolute atomic E-state index is 0. The van der Waals surface area contributed by atoms with Gasteiger partial charge in [-0.05, 0) is 158 Å². The molecule has 0 radical (unpaired) electrons. The van der Waals surface area contributed by atoms with E-state index in [4.69, 9.17) is 99.0 Å². The normalized spacial score (nSPS) is 12.4. The number of aliphatic hydroxyl groups excluding tert-OH is 1. The van der Waals surface area contributed by atoms with Crippen molar-refractivity contribution in [2.24, 2.45) is 0 Å². The number of nitrogens with one attached hydrogen (secondary N) is 3. The summed E-state index contributed by atoms with van der Waals surface area (Å²) in [6.07, 6.45) is 11.6. The number of likely N-dealkylation sites (tertiary alicyclic amines) is 1. The van der Waals surface area contributed by atoms with E-state index < -0.39 is 26.4 Å². The quantitative estimate of drug-likeness (QED) is 0.0118. The van der Waals surface area contributed by atoms with Crippen molar-refractivity contribution in [2.45, 2.75) is 110 Å². The van der Waals surface area contributed by atoms with E-state index in [9.17, 15) is 19.5 Å². The molecule has 2 amide bonds. The van der Waals surface area contributed by atoms with Crippen LogP contribution in [0, 0.1) is 0 Å². The van der Waals surface area contributed by atoms with E-state index in [0.29, 0.717) is 84.9 Å². The predicted molar refractivity (Wildman–Crippen MR) is 446 cm³/mol. The number of alkyl carbamates (subject to hydrolysis) is 2. The van der Waals surface area contributed by atoms with Crippen LogP contribution in [0.1, 0.15) is 94.3 Å². The first-order valence-electron chi connectivity index (χ1n) is 35.8. The van der Waals surface area contributed by atoms with Gasteiger partial charge in [-0.15, -0.1) is 11.6 Å². The number of aliphatic hydroxyl groups is 1. The molecule has 0 unspecified atom stereocenters. The molecule has 12 rings (SSSR count). The zero-order valence-electron chi connectivity index (χ0n) is 68.8. The average Bonchev–Trinajstić information content (AvgIpc) is 0.828. The summed E-state index contributed by atoms with van der Waals surface area (Å²) in [4.78, 5) is 70.1. The van der Waals surface area contributed by atoms with E-state index in [-0.39, 0.29) is 106 Å². The first kappa shape index (κ1) is 101. The maximum atomic E-state index is 12.0. The van der Waals surface area contributed by atoms with Crippen LogP contribution in [0.15, 0.2) is 122 Å². The van der Waals surface area contributed by atoms with Gasteiger partial charge in [-0.2, -0.15) is 0 Å². The molecule has 5 aromatic heterocycles.